The number of carbonyl (C=O) groups is 2. The molecule has 0 saturated heterocycles. The summed E-state index contributed by atoms with van der Waals surface area (Å²) in [5.74, 6) is 0.134. The molecule has 0 fully saturated rings. The summed E-state index contributed by atoms with van der Waals surface area (Å²) in [7, 11) is 0. The molecular formula is C17H16N2O3. The molecule has 1 heterocycles. The molecule has 112 valence electrons. The maximum absolute atomic E-state index is 12.4. The van der Waals surface area contributed by atoms with Crippen LogP contribution in [0.5, 0.6) is 5.75 Å². The van der Waals surface area contributed by atoms with Gasteiger partial charge in [-0.3, -0.25) is 9.59 Å². The highest BCUT2D eigenvalue weighted by atomic mass is 16.5. The van der Waals surface area contributed by atoms with Gasteiger partial charge in [0, 0.05) is 11.3 Å². The SMILES string of the molecule is CCc1ccccc1NC(=O)c1ccc2c(c1)NC(=O)CO2. The number of ether oxygens (including phenoxy) is 1. The minimum atomic E-state index is -0.221. The average molecular weight is 296 g/mol. The van der Waals surface area contributed by atoms with E-state index in [0.717, 1.165) is 17.7 Å². The third-order valence-corrected chi connectivity index (χ3v) is 3.52. The quantitative estimate of drug-likeness (QED) is 0.915. The van der Waals surface area contributed by atoms with Crippen molar-refractivity contribution in [3.05, 3.63) is 53.6 Å². The molecule has 5 heteroatoms. The number of nitrogens with one attached hydrogen (secondary N) is 2. The van der Waals surface area contributed by atoms with E-state index >= 15 is 0 Å². The molecule has 2 N–H and O–H groups in total. The number of fused-ring (bicyclic) bond motifs is 1. The van der Waals surface area contributed by atoms with E-state index in [-0.39, 0.29) is 18.4 Å². The molecule has 0 aromatic heterocycles. The lowest BCUT2D eigenvalue weighted by atomic mass is 10.1. The summed E-state index contributed by atoms with van der Waals surface area (Å²) < 4.78 is 5.28. The minimum absolute atomic E-state index is 0.00240. The van der Waals surface area contributed by atoms with Gasteiger partial charge >= 0.3 is 0 Å². The van der Waals surface area contributed by atoms with Gasteiger partial charge in [0.05, 0.1) is 5.69 Å². The third kappa shape index (κ3) is 2.79. The lowest BCUT2D eigenvalue weighted by molar-refractivity contribution is -0.118. The van der Waals surface area contributed by atoms with Gasteiger partial charge in [0.25, 0.3) is 11.8 Å². The molecule has 0 unspecified atom stereocenters. The minimum Gasteiger partial charge on any atom is -0.482 e. The predicted octanol–water partition coefficient (Wildman–Crippen LogP) is 2.83. The van der Waals surface area contributed by atoms with Crippen molar-refractivity contribution < 1.29 is 14.3 Å². The van der Waals surface area contributed by atoms with Crippen LogP contribution >= 0.6 is 0 Å². The molecule has 2 aromatic carbocycles. The van der Waals surface area contributed by atoms with Gasteiger partial charge in [0.15, 0.2) is 6.61 Å². The summed E-state index contributed by atoms with van der Waals surface area (Å²) >= 11 is 0. The summed E-state index contributed by atoms with van der Waals surface area (Å²) in [4.78, 5) is 23.7. The zero-order valence-corrected chi connectivity index (χ0v) is 12.2. The molecule has 0 saturated carbocycles. The summed E-state index contributed by atoms with van der Waals surface area (Å²) in [5.41, 5.74) is 2.86. The molecule has 0 radical (unpaired) electrons. The van der Waals surface area contributed by atoms with Gasteiger partial charge in [-0.1, -0.05) is 25.1 Å². The first-order valence-corrected chi connectivity index (χ1v) is 7.13. The predicted molar refractivity (Wildman–Crippen MR) is 84.3 cm³/mol. The van der Waals surface area contributed by atoms with E-state index in [4.69, 9.17) is 4.74 Å². The molecule has 0 aliphatic carbocycles. The highest BCUT2D eigenvalue weighted by molar-refractivity contribution is 6.06. The van der Waals surface area contributed by atoms with E-state index in [1.807, 2.05) is 31.2 Å². The Balaban J connectivity index is 1.83. The standard InChI is InChI=1S/C17H16N2O3/c1-2-11-5-3-4-6-13(11)19-17(21)12-7-8-15-14(9-12)18-16(20)10-22-15/h3-9H,2,10H2,1H3,(H,18,20)(H,19,21). The highest BCUT2D eigenvalue weighted by Crippen LogP contribution is 2.29. The number of hydrogen-bond acceptors (Lipinski definition) is 3. The summed E-state index contributed by atoms with van der Waals surface area (Å²) in [6.07, 6.45) is 0.838. The van der Waals surface area contributed by atoms with Gasteiger partial charge in [-0.05, 0) is 36.2 Å². The average Bonchev–Trinajstić information content (AvgIpc) is 2.54. The third-order valence-electron chi connectivity index (χ3n) is 3.52. The number of benzene rings is 2. The molecule has 2 aromatic rings. The van der Waals surface area contributed by atoms with Crippen molar-refractivity contribution in [2.45, 2.75) is 13.3 Å². The molecule has 22 heavy (non-hydrogen) atoms. The summed E-state index contributed by atoms with van der Waals surface area (Å²) in [6.45, 7) is 2.04. The van der Waals surface area contributed by atoms with Crippen LogP contribution in [0.25, 0.3) is 0 Å². The van der Waals surface area contributed by atoms with Gasteiger partial charge in [0.1, 0.15) is 5.75 Å². The van der Waals surface area contributed by atoms with Crippen molar-refractivity contribution in [3.63, 3.8) is 0 Å². The lowest BCUT2D eigenvalue weighted by Gasteiger charge is -2.18. The zero-order valence-electron chi connectivity index (χ0n) is 12.2. The molecule has 1 aliphatic rings. The Morgan fingerprint density at radius 1 is 1.27 bits per heavy atom. The Labute approximate surface area is 128 Å². The fraction of sp³-hybridized carbons (Fsp3) is 0.176. The number of amides is 2. The second-order valence-electron chi connectivity index (χ2n) is 5.01. The lowest BCUT2D eigenvalue weighted by Crippen LogP contribution is -2.25. The molecular weight excluding hydrogens is 280 g/mol. The van der Waals surface area contributed by atoms with Crippen molar-refractivity contribution in [3.8, 4) is 5.75 Å². The topological polar surface area (TPSA) is 67.4 Å². The Morgan fingerprint density at radius 3 is 2.91 bits per heavy atom. The Morgan fingerprint density at radius 2 is 2.09 bits per heavy atom. The number of aryl methyl sites for hydroxylation is 1. The van der Waals surface area contributed by atoms with Crippen molar-refractivity contribution in [1.82, 2.24) is 0 Å². The first kappa shape index (κ1) is 14.1. The van der Waals surface area contributed by atoms with Crippen LogP contribution in [0.3, 0.4) is 0 Å². The summed E-state index contributed by atoms with van der Waals surface area (Å²) in [5, 5.41) is 5.60. The van der Waals surface area contributed by atoms with Gasteiger partial charge in [-0.2, -0.15) is 0 Å². The fourth-order valence-corrected chi connectivity index (χ4v) is 2.37. The molecule has 3 rings (SSSR count). The van der Waals surface area contributed by atoms with Gasteiger partial charge in [0.2, 0.25) is 0 Å². The number of hydrogen-bond donors (Lipinski definition) is 2. The van der Waals surface area contributed by atoms with E-state index in [0.29, 0.717) is 17.0 Å². The molecule has 0 bridgehead atoms. The van der Waals surface area contributed by atoms with Crippen molar-refractivity contribution in [2.24, 2.45) is 0 Å². The first-order chi connectivity index (χ1) is 10.7. The Kier molecular flexibility index (Phi) is 3.78. The maximum Gasteiger partial charge on any atom is 0.262 e. The number of carbonyl (C=O) groups excluding carboxylic acids is 2. The zero-order chi connectivity index (χ0) is 15.5. The van der Waals surface area contributed by atoms with Crippen molar-refractivity contribution >= 4 is 23.2 Å². The molecule has 2 amide bonds. The van der Waals surface area contributed by atoms with E-state index < -0.39 is 0 Å². The normalized spacial score (nSPS) is 12.9. The van der Waals surface area contributed by atoms with E-state index in [1.54, 1.807) is 18.2 Å². The van der Waals surface area contributed by atoms with Crippen molar-refractivity contribution in [1.29, 1.82) is 0 Å². The number of para-hydroxylation sites is 1. The molecule has 1 aliphatic heterocycles. The van der Waals surface area contributed by atoms with Crippen LogP contribution < -0.4 is 15.4 Å². The van der Waals surface area contributed by atoms with Crippen LogP contribution in [0.4, 0.5) is 11.4 Å². The van der Waals surface area contributed by atoms with Gasteiger partial charge in [-0.25, -0.2) is 0 Å². The van der Waals surface area contributed by atoms with Crippen LogP contribution in [0.15, 0.2) is 42.5 Å². The molecule has 5 nitrogen and oxygen atoms in total. The Hall–Kier alpha value is -2.82. The highest BCUT2D eigenvalue weighted by Gasteiger charge is 2.18. The molecule has 0 spiro atoms. The fourth-order valence-electron chi connectivity index (χ4n) is 2.37. The monoisotopic (exact) mass is 296 g/mol. The van der Waals surface area contributed by atoms with Crippen LogP contribution in [0.1, 0.15) is 22.8 Å². The maximum atomic E-state index is 12.4. The van der Waals surface area contributed by atoms with Crippen LogP contribution in [-0.4, -0.2) is 18.4 Å². The van der Waals surface area contributed by atoms with Crippen LogP contribution in [0, 0.1) is 0 Å². The largest absolute Gasteiger partial charge is 0.482 e. The second-order valence-corrected chi connectivity index (χ2v) is 5.01. The number of anilines is 2. The van der Waals surface area contributed by atoms with E-state index in [2.05, 4.69) is 10.6 Å². The van der Waals surface area contributed by atoms with Gasteiger partial charge < -0.3 is 15.4 Å². The second kappa shape index (κ2) is 5.89. The molecule has 0 atom stereocenters. The smallest absolute Gasteiger partial charge is 0.262 e. The Bertz CT molecular complexity index is 740. The first-order valence-electron chi connectivity index (χ1n) is 7.13. The van der Waals surface area contributed by atoms with Crippen LogP contribution in [-0.2, 0) is 11.2 Å². The van der Waals surface area contributed by atoms with E-state index in [9.17, 15) is 9.59 Å². The number of rotatable bonds is 3. The summed E-state index contributed by atoms with van der Waals surface area (Å²) in [6, 6.07) is 12.7. The van der Waals surface area contributed by atoms with Crippen molar-refractivity contribution in [2.75, 3.05) is 17.2 Å². The van der Waals surface area contributed by atoms with E-state index in [1.165, 1.54) is 0 Å². The van der Waals surface area contributed by atoms with Crippen LogP contribution in [0.2, 0.25) is 0 Å². The van der Waals surface area contributed by atoms with Gasteiger partial charge in [-0.15, -0.1) is 0 Å².